The van der Waals surface area contributed by atoms with Crippen LogP contribution in [0.3, 0.4) is 0 Å². The zero-order valence-electron chi connectivity index (χ0n) is 9.67. The SMILES string of the molecule is CC1CC1C(=O)NCCc1ccc(Cl)cc1Cl. The molecule has 1 aromatic rings. The molecule has 0 aliphatic heterocycles. The molecule has 0 spiro atoms. The van der Waals surface area contributed by atoms with Crippen molar-refractivity contribution in [1.82, 2.24) is 5.32 Å². The topological polar surface area (TPSA) is 29.1 Å². The predicted molar refractivity (Wildman–Crippen MR) is 70.4 cm³/mol. The molecule has 0 bridgehead atoms. The Morgan fingerprint density at radius 2 is 2.18 bits per heavy atom. The van der Waals surface area contributed by atoms with E-state index < -0.39 is 0 Å². The van der Waals surface area contributed by atoms with Crippen molar-refractivity contribution in [3.8, 4) is 0 Å². The molecule has 1 amide bonds. The number of nitrogens with one attached hydrogen (secondary N) is 1. The molecule has 92 valence electrons. The van der Waals surface area contributed by atoms with E-state index in [-0.39, 0.29) is 11.8 Å². The number of carbonyl (C=O) groups is 1. The van der Waals surface area contributed by atoms with Crippen molar-refractivity contribution in [2.75, 3.05) is 6.54 Å². The van der Waals surface area contributed by atoms with E-state index in [4.69, 9.17) is 23.2 Å². The highest BCUT2D eigenvalue weighted by atomic mass is 35.5. The lowest BCUT2D eigenvalue weighted by Gasteiger charge is -2.06. The molecule has 0 aromatic heterocycles. The van der Waals surface area contributed by atoms with Crippen LogP contribution in [0.5, 0.6) is 0 Å². The van der Waals surface area contributed by atoms with E-state index in [0.717, 1.165) is 18.4 Å². The molecule has 0 saturated heterocycles. The van der Waals surface area contributed by atoms with Crippen LogP contribution in [0.1, 0.15) is 18.9 Å². The summed E-state index contributed by atoms with van der Waals surface area (Å²) >= 11 is 11.9. The standard InChI is InChI=1S/C13H15Cl2NO/c1-8-6-11(8)13(17)16-5-4-9-2-3-10(14)7-12(9)15/h2-3,7-8,11H,4-6H2,1H3,(H,16,17). The van der Waals surface area contributed by atoms with Gasteiger partial charge in [-0.1, -0.05) is 36.2 Å². The molecule has 1 saturated carbocycles. The van der Waals surface area contributed by atoms with Crippen LogP contribution in [-0.4, -0.2) is 12.5 Å². The largest absolute Gasteiger partial charge is 0.356 e. The van der Waals surface area contributed by atoms with Gasteiger partial charge in [-0.15, -0.1) is 0 Å². The van der Waals surface area contributed by atoms with Gasteiger partial charge < -0.3 is 5.32 Å². The highest BCUT2D eigenvalue weighted by molar-refractivity contribution is 6.35. The Balaban J connectivity index is 1.80. The second-order valence-electron chi connectivity index (χ2n) is 4.60. The van der Waals surface area contributed by atoms with Crippen LogP contribution in [0.25, 0.3) is 0 Å². The molecule has 1 fully saturated rings. The number of carbonyl (C=O) groups excluding carboxylic acids is 1. The summed E-state index contributed by atoms with van der Waals surface area (Å²) in [5.41, 5.74) is 1.01. The van der Waals surface area contributed by atoms with Crippen LogP contribution in [0.2, 0.25) is 10.0 Å². The van der Waals surface area contributed by atoms with Crippen molar-refractivity contribution < 1.29 is 4.79 Å². The molecule has 2 unspecified atom stereocenters. The monoisotopic (exact) mass is 271 g/mol. The van der Waals surface area contributed by atoms with Crippen LogP contribution in [0.15, 0.2) is 18.2 Å². The van der Waals surface area contributed by atoms with Gasteiger partial charge >= 0.3 is 0 Å². The van der Waals surface area contributed by atoms with Gasteiger partial charge in [0, 0.05) is 22.5 Å². The first-order valence-electron chi connectivity index (χ1n) is 5.79. The summed E-state index contributed by atoms with van der Waals surface area (Å²) in [5.74, 6) is 0.951. The molecular formula is C13H15Cl2NO. The maximum absolute atomic E-state index is 11.6. The van der Waals surface area contributed by atoms with E-state index in [2.05, 4.69) is 12.2 Å². The summed E-state index contributed by atoms with van der Waals surface area (Å²) in [5, 5.41) is 4.23. The maximum Gasteiger partial charge on any atom is 0.223 e. The van der Waals surface area contributed by atoms with E-state index in [9.17, 15) is 4.79 Å². The fourth-order valence-corrected chi connectivity index (χ4v) is 2.37. The van der Waals surface area contributed by atoms with Crippen molar-refractivity contribution >= 4 is 29.1 Å². The molecule has 1 aromatic carbocycles. The highest BCUT2D eigenvalue weighted by Crippen LogP contribution is 2.37. The van der Waals surface area contributed by atoms with E-state index in [0.29, 0.717) is 22.5 Å². The fourth-order valence-electron chi connectivity index (χ4n) is 1.86. The van der Waals surface area contributed by atoms with E-state index in [1.165, 1.54) is 0 Å². The summed E-state index contributed by atoms with van der Waals surface area (Å²) in [7, 11) is 0. The van der Waals surface area contributed by atoms with Crippen LogP contribution < -0.4 is 5.32 Å². The molecule has 2 rings (SSSR count). The van der Waals surface area contributed by atoms with Crippen LogP contribution in [0, 0.1) is 11.8 Å². The molecule has 2 nitrogen and oxygen atoms in total. The summed E-state index contributed by atoms with van der Waals surface area (Å²) in [6.45, 7) is 2.73. The first-order chi connectivity index (χ1) is 8.08. The number of halogens is 2. The Kier molecular flexibility index (Phi) is 3.95. The van der Waals surface area contributed by atoms with Gasteiger partial charge in [0.15, 0.2) is 0 Å². The lowest BCUT2D eigenvalue weighted by atomic mass is 10.1. The molecule has 2 atom stereocenters. The number of hydrogen-bond acceptors (Lipinski definition) is 1. The van der Waals surface area contributed by atoms with Crippen molar-refractivity contribution in [3.05, 3.63) is 33.8 Å². The zero-order chi connectivity index (χ0) is 12.4. The van der Waals surface area contributed by atoms with Crippen molar-refractivity contribution in [2.24, 2.45) is 11.8 Å². The minimum Gasteiger partial charge on any atom is -0.356 e. The third kappa shape index (κ3) is 3.36. The number of benzene rings is 1. The van der Waals surface area contributed by atoms with Gasteiger partial charge in [0.05, 0.1) is 0 Å². The van der Waals surface area contributed by atoms with Gasteiger partial charge in [0.2, 0.25) is 5.91 Å². The van der Waals surface area contributed by atoms with Crippen molar-refractivity contribution in [2.45, 2.75) is 19.8 Å². The van der Waals surface area contributed by atoms with Gasteiger partial charge in [-0.05, 0) is 36.5 Å². The van der Waals surface area contributed by atoms with E-state index >= 15 is 0 Å². The predicted octanol–water partition coefficient (Wildman–Crippen LogP) is 3.31. The minimum absolute atomic E-state index is 0.169. The Morgan fingerprint density at radius 3 is 2.76 bits per heavy atom. The second kappa shape index (κ2) is 5.28. The fraction of sp³-hybridized carbons (Fsp3) is 0.462. The molecular weight excluding hydrogens is 257 g/mol. The zero-order valence-corrected chi connectivity index (χ0v) is 11.2. The quantitative estimate of drug-likeness (QED) is 0.895. The minimum atomic E-state index is 0.169. The van der Waals surface area contributed by atoms with Gasteiger partial charge in [0.1, 0.15) is 0 Å². The molecule has 17 heavy (non-hydrogen) atoms. The molecule has 4 heteroatoms. The number of hydrogen-bond donors (Lipinski definition) is 1. The number of rotatable bonds is 4. The van der Waals surface area contributed by atoms with Crippen molar-refractivity contribution in [3.63, 3.8) is 0 Å². The third-order valence-corrected chi connectivity index (χ3v) is 3.74. The molecule has 1 aliphatic carbocycles. The van der Waals surface area contributed by atoms with Crippen LogP contribution >= 0.6 is 23.2 Å². The van der Waals surface area contributed by atoms with Crippen LogP contribution in [-0.2, 0) is 11.2 Å². The number of amides is 1. The average molecular weight is 272 g/mol. The summed E-state index contributed by atoms with van der Waals surface area (Å²) in [4.78, 5) is 11.6. The van der Waals surface area contributed by atoms with Gasteiger partial charge in [-0.2, -0.15) is 0 Å². The summed E-state index contributed by atoms with van der Waals surface area (Å²) in [6.07, 6.45) is 1.76. The van der Waals surface area contributed by atoms with Gasteiger partial charge in [-0.25, -0.2) is 0 Å². The third-order valence-electron chi connectivity index (χ3n) is 3.15. The molecule has 1 aliphatic rings. The van der Waals surface area contributed by atoms with E-state index in [1.807, 2.05) is 12.1 Å². The van der Waals surface area contributed by atoms with E-state index in [1.54, 1.807) is 6.07 Å². The Labute approximate surface area is 111 Å². The normalized spacial score (nSPS) is 22.3. The first kappa shape index (κ1) is 12.7. The smallest absolute Gasteiger partial charge is 0.223 e. The lowest BCUT2D eigenvalue weighted by Crippen LogP contribution is -2.27. The van der Waals surface area contributed by atoms with Crippen LogP contribution in [0.4, 0.5) is 0 Å². The highest BCUT2D eigenvalue weighted by Gasteiger charge is 2.38. The Bertz CT molecular complexity index is 433. The molecule has 0 heterocycles. The van der Waals surface area contributed by atoms with Gasteiger partial charge in [-0.3, -0.25) is 4.79 Å². The molecule has 0 radical (unpaired) electrons. The summed E-state index contributed by atoms with van der Waals surface area (Å²) < 4.78 is 0. The lowest BCUT2D eigenvalue weighted by molar-refractivity contribution is -0.122. The van der Waals surface area contributed by atoms with Crippen molar-refractivity contribution in [1.29, 1.82) is 0 Å². The first-order valence-corrected chi connectivity index (χ1v) is 6.55. The van der Waals surface area contributed by atoms with Gasteiger partial charge in [0.25, 0.3) is 0 Å². The molecule has 1 N–H and O–H groups in total. The Morgan fingerprint density at radius 1 is 1.47 bits per heavy atom. The Hall–Kier alpha value is -0.730. The summed E-state index contributed by atoms with van der Waals surface area (Å²) in [6, 6.07) is 5.44. The second-order valence-corrected chi connectivity index (χ2v) is 5.44. The maximum atomic E-state index is 11.6. The average Bonchev–Trinajstić information content (AvgIpc) is 2.99.